The average molecular weight is 388 g/mol. The number of rotatable bonds is 2. The summed E-state index contributed by atoms with van der Waals surface area (Å²) in [6.07, 6.45) is 0. The SMILES string of the molecule is O=C(c1ccc(Br)o1)c1cc2c(cc1Br)OCCO2. The fraction of sp³-hybridized carbons (Fsp3) is 0.154. The van der Waals surface area contributed by atoms with Crippen molar-refractivity contribution in [3.05, 3.63) is 44.7 Å². The standard InChI is InChI=1S/C13H8Br2O4/c14-8-6-11-10(17-3-4-18-11)5-7(8)13(16)9-1-2-12(15)19-9/h1-2,5-6H,3-4H2. The van der Waals surface area contributed by atoms with Crippen molar-refractivity contribution in [1.82, 2.24) is 0 Å². The van der Waals surface area contributed by atoms with Gasteiger partial charge in [0.25, 0.3) is 0 Å². The molecule has 0 unspecified atom stereocenters. The van der Waals surface area contributed by atoms with E-state index in [0.29, 0.717) is 39.4 Å². The summed E-state index contributed by atoms with van der Waals surface area (Å²) >= 11 is 6.55. The molecule has 0 N–H and O–H groups in total. The van der Waals surface area contributed by atoms with Crippen LogP contribution in [-0.2, 0) is 0 Å². The molecule has 98 valence electrons. The summed E-state index contributed by atoms with van der Waals surface area (Å²) in [5, 5.41) is 0. The van der Waals surface area contributed by atoms with Crippen molar-refractivity contribution < 1.29 is 18.7 Å². The Bertz CT molecular complexity index is 648. The van der Waals surface area contributed by atoms with Gasteiger partial charge < -0.3 is 13.9 Å². The molecule has 0 amide bonds. The van der Waals surface area contributed by atoms with Gasteiger partial charge in [0.2, 0.25) is 5.78 Å². The number of halogens is 2. The number of carbonyl (C=O) groups excluding carboxylic acids is 1. The van der Waals surface area contributed by atoms with E-state index < -0.39 is 0 Å². The molecule has 2 aromatic rings. The van der Waals surface area contributed by atoms with E-state index in [9.17, 15) is 4.79 Å². The van der Waals surface area contributed by atoms with E-state index in [4.69, 9.17) is 13.9 Å². The normalized spacial score (nSPS) is 13.4. The number of hydrogen-bond acceptors (Lipinski definition) is 4. The third-order valence-corrected chi connectivity index (χ3v) is 3.76. The number of ether oxygens (including phenoxy) is 2. The van der Waals surface area contributed by atoms with Crippen molar-refractivity contribution >= 4 is 37.6 Å². The maximum Gasteiger partial charge on any atom is 0.229 e. The van der Waals surface area contributed by atoms with Gasteiger partial charge in [-0.15, -0.1) is 0 Å². The summed E-state index contributed by atoms with van der Waals surface area (Å²) < 4.78 is 17.4. The van der Waals surface area contributed by atoms with Gasteiger partial charge in [0.1, 0.15) is 13.2 Å². The lowest BCUT2D eigenvalue weighted by atomic mass is 10.1. The third kappa shape index (κ3) is 2.42. The second kappa shape index (κ2) is 5.02. The van der Waals surface area contributed by atoms with Gasteiger partial charge in [0.05, 0.1) is 0 Å². The van der Waals surface area contributed by atoms with E-state index >= 15 is 0 Å². The van der Waals surface area contributed by atoms with Gasteiger partial charge in [-0.1, -0.05) is 0 Å². The summed E-state index contributed by atoms with van der Waals surface area (Å²) in [6.45, 7) is 0.992. The molecule has 2 heterocycles. The lowest BCUT2D eigenvalue weighted by Crippen LogP contribution is -2.16. The maximum atomic E-state index is 12.3. The Labute approximate surface area is 125 Å². The first-order valence-electron chi connectivity index (χ1n) is 5.54. The van der Waals surface area contributed by atoms with Crippen molar-refractivity contribution in [2.45, 2.75) is 0 Å². The molecule has 4 nitrogen and oxygen atoms in total. The molecule has 0 aliphatic carbocycles. The number of ketones is 1. The zero-order chi connectivity index (χ0) is 13.4. The summed E-state index contributed by atoms with van der Waals surface area (Å²) in [6, 6.07) is 6.70. The molecule has 0 fully saturated rings. The smallest absolute Gasteiger partial charge is 0.229 e. The van der Waals surface area contributed by atoms with Gasteiger partial charge in [0.15, 0.2) is 21.9 Å². The van der Waals surface area contributed by atoms with Gasteiger partial charge in [-0.25, -0.2) is 0 Å². The van der Waals surface area contributed by atoms with Crippen LogP contribution >= 0.6 is 31.9 Å². The zero-order valence-corrected chi connectivity index (χ0v) is 12.8. The molecule has 0 spiro atoms. The minimum Gasteiger partial charge on any atom is -0.486 e. The Kier molecular flexibility index (Phi) is 3.36. The average Bonchev–Trinajstić information content (AvgIpc) is 2.84. The van der Waals surface area contributed by atoms with Crippen LogP contribution < -0.4 is 9.47 Å². The molecular weight excluding hydrogens is 380 g/mol. The fourth-order valence-corrected chi connectivity index (χ4v) is 2.62. The van der Waals surface area contributed by atoms with Crippen LogP contribution in [0, 0.1) is 0 Å². The molecule has 6 heteroatoms. The molecule has 1 aromatic heterocycles. The number of carbonyl (C=O) groups is 1. The highest BCUT2D eigenvalue weighted by atomic mass is 79.9. The van der Waals surface area contributed by atoms with Gasteiger partial charge in [-0.3, -0.25) is 4.79 Å². The first-order valence-corrected chi connectivity index (χ1v) is 7.13. The molecule has 19 heavy (non-hydrogen) atoms. The van der Waals surface area contributed by atoms with Crippen LogP contribution in [0.3, 0.4) is 0 Å². The van der Waals surface area contributed by atoms with Crippen molar-refractivity contribution in [1.29, 1.82) is 0 Å². The molecule has 1 aliphatic heterocycles. The molecule has 0 radical (unpaired) electrons. The Balaban J connectivity index is 2.03. The second-order valence-corrected chi connectivity index (χ2v) is 5.54. The number of hydrogen-bond donors (Lipinski definition) is 0. The Morgan fingerprint density at radius 2 is 1.74 bits per heavy atom. The third-order valence-electron chi connectivity index (χ3n) is 2.67. The summed E-state index contributed by atoms with van der Waals surface area (Å²) in [5.41, 5.74) is 0.478. The summed E-state index contributed by atoms with van der Waals surface area (Å²) in [5.74, 6) is 1.26. The molecular formula is C13H8Br2O4. The van der Waals surface area contributed by atoms with Crippen molar-refractivity contribution in [3.8, 4) is 11.5 Å². The maximum absolute atomic E-state index is 12.3. The lowest BCUT2D eigenvalue weighted by molar-refractivity contribution is 0.101. The highest BCUT2D eigenvalue weighted by molar-refractivity contribution is 9.10. The van der Waals surface area contributed by atoms with E-state index in [-0.39, 0.29) is 11.5 Å². The molecule has 0 saturated heterocycles. The summed E-state index contributed by atoms with van der Waals surface area (Å²) in [4.78, 5) is 12.3. The van der Waals surface area contributed by atoms with Crippen LogP contribution in [0.4, 0.5) is 0 Å². The van der Waals surface area contributed by atoms with Gasteiger partial charge in [0, 0.05) is 10.0 Å². The lowest BCUT2D eigenvalue weighted by Gasteiger charge is -2.19. The van der Waals surface area contributed by atoms with E-state index in [1.54, 1.807) is 24.3 Å². The predicted molar refractivity (Wildman–Crippen MR) is 75.0 cm³/mol. The molecule has 0 bridgehead atoms. The Morgan fingerprint density at radius 1 is 1.05 bits per heavy atom. The fourth-order valence-electron chi connectivity index (χ4n) is 1.81. The number of fused-ring (bicyclic) bond motifs is 1. The van der Waals surface area contributed by atoms with Crippen LogP contribution in [0.2, 0.25) is 0 Å². The molecule has 1 aromatic carbocycles. The van der Waals surface area contributed by atoms with Crippen LogP contribution in [0.1, 0.15) is 16.1 Å². The Morgan fingerprint density at radius 3 is 2.37 bits per heavy atom. The Hall–Kier alpha value is -1.27. The summed E-state index contributed by atoms with van der Waals surface area (Å²) in [7, 11) is 0. The number of benzene rings is 1. The first kappa shape index (κ1) is 12.7. The topological polar surface area (TPSA) is 48.7 Å². The highest BCUT2D eigenvalue weighted by Crippen LogP contribution is 2.36. The minimum atomic E-state index is -0.213. The molecule has 3 rings (SSSR count). The highest BCUT2D eigenvalue weighted by Gasteiger charge is 2.21. The first-order chi connectivity index (χ1) is 9.15. The van der Waals surface area contributed by atoms with Crippen LogP contribution in [-0.4, -0.2) is 19.0 Å². The van der Waals surface area contributed by atoms with E-state index in [0.717, 1.165) is 0 Å². The quantitative estimate of drug-likeness (QED) is 0.735. The van der Waals surface area contributed by atoms with Gasteiger partial charge in [-0.2, -0.15) is 0 Å². The van der Waals surface area contributed by atoms with Gasteiger partial charge in [-0.05, 0) is 56.1 Å². The van der Waals surface area contributed by atoms with Crippen molar-refractivity contribution in [3.63, 3.8) is 0 Å². The number of furan rings is 1. The largest absolute Gasteiger partial charge is 0.486 e. The zero-order valence-electron chi connectivity index (χ0n) is 9.61. The van der Waals surface area contributed by atoms with Crippen LogP contribution in [0.15, 0.2) is 37.8 Å². The van der Waals surface area contributed by atoms with Crippen molar-refractivity contribution in [2.75, 3.05) is 13.2 Å². The second-order valence-electron chi connectivity index (χ2n) is 3.91. The van der Waals surface area contributed by atoms with E-state index in [2.05, 4.69) is 31.9 Å². The van der Waals surface area contributed by atoms with E-state index in [1.165, 1.54) is 0 Å². The monoisotopic (exact) mass is 386 g/mol. The van der Waals surface area contributed by atoms with Crippen LogP contribution in [0.5, 0.6) is 11.5 Å². The van der Waals surface area contributed by atoms with Gasteiger partial charge >= 0.3 is 0 Å². The molecule has 0 saturated carbocycles. The van der Waals surface area contributed by atoms with Crippen molar-refractivity contribution in [2.24, 2.45) is 0 Å². The van der Waals surface area contributed by atoms with Crippen LogP contribution in [0.25, 0.3) is 0 Å². The van der Waals surface area contributed by atoms with E-state index in [1.807, 2.05) is 0 Å². The minimum absolute atomic E-state index is 0.213. The molecule has 0 atom stereocenters. The molecule has 1 aliphatic rings. The predicted octanol–water partition coefficient (Wildman–Crippen LogP) is 3.81.